The highest BCUT2D eigenvalue weighted by Gasteiger charge is 2.03. The molecule has 2 nitrogen and oxygen atoms in total. The average molecular weight is 333 g/mol. The number of rotatable bonds is 3. The van der Waals surface area contributed by atoms with E-state index in [2.05, 4.69) is 9.98 Å². The van der Waals surface area contributed by atoms with Crippen LogP contribution in [-0.4, -0.2) is 11.2 Å². The van der Waals surface area contributed by atoms with Gasteiger partial charge in [0.05, 0.1) is 5.69 Å². The minimum Gasteiger partial charge on any atom is -0.227 e. The summed E-state index contributed by atoms with van der Waals surface area (Å²) in [5.74, 6) is 0. The summed E-state index contributed by atoms with van der Waals surface area (Å²) in [4.78, 5) is 8.86. The fraction of sp³-hybridized carbons (Fsp3) is 0. The first-order chi connectivity index (χ1) is 10.2. The summed E-state index contributed by atoms with van der Waals surface area (Å²) in [5, 5.41) is 4.06. The molecule has 21 heavy (non-hydrogen) atoms. The van der Waals surface area contributed by atoms with Gasteiger partial charge < -0.3 is 0 Å². The highest BCUT2D eigenvalue weighted by atomic mass is 35.5. The SMILES string of the molecule is Clc1ccc(-c2csc(/N=C/c3ccccc3Cl)n2)cc1. The molecule has 0 saturated heterocycles. The van der Waals surface area contributed by atoms with Gasteiger partial charge in [-0.2, -0.15) is 0 Å². The first-order valence-corrected chi connectivity index (χ1v) is 7.86. The molecule has 0 amide bonds. The largest absolute Gasteiger partial charge is 0.227 e. The van der Waals surface area contributed by atoms with Gasteiger partial charge in [-0.25, -0.2) is 9.98 Å². The first-order valence-electron chi connectivity index (χ1n) is 6.22. The van der Waals surface area contributed by atoms with Gasteiger partial charge in [-0.3, -0.25) is 0 Å². The number of aromatic nitrogens is 1. The van der Waals surface area contributed by atoms with Crippen LogP contribution in [0.5, 0.6) is 0 Å². The van der Waals surface area contributed by atoms with E-state index in [1.807, 2.05) is 53.9 Å². The Morgan fingerprint density at radius 2 is 1.76 bits per heavy atom. The highest BCUT2D eigenvalue weighted by Crippen LogP contribution is 2.27. The molecule has 0 fully saturated rings. The van der Waals surface area contributed by atoms with E-state index in [1.165, 1.54) is 11.3 Å². The molecule has 0 aliphatic carbocycles. The maximum absolute atomic E-state index is 6.09. The number of hydrogen-bond acceptors (Lipinski definition) is 3. The van der Waals surface area contributed by atoms with E-state index < -0.39 is 0 Å². The number of nitrogens with zero attached hydrogens (tertiary/aromatic N) is 2. The van der Waals surface area contributed by atoms with Crippen LogP contribution in [-0.2, 0) is 0 Å². The number of benzene rings is 2. The molecule has 104 valence electrons. The summed E-state index contributed by atoms with van der Waals surface area (Å²) in [5.41, 5.74) is 2.79. The van der Waals surface area contributed by atoms with Crippen LogP contribution in [0.2, 0.25) is 10.0 Å². The predicted octanol–water partition coefficient (Wildman–Crippen LogP) is 5.87. The number of aliphatic imine (C=N–C) groups is 1. The van der Waals surface area contributed by atoms with Crippen LogP contribution in [0.3, 0.4) is 0 Å². The third-order valence-corrected chi connectivity index (χ3v) is 4.20. The molecule has 3 rings (SSSR count). The van der Waals surface area contributed by atoms with Crippen LogP contribution < -0.4 is 0 Å². The second-order valence-electron chi connectivity index (χ2n) is 4.30. The normalized spacial score (nSPS) is 11.1. The van der Waals surface area contributed by atoms with Crippen molar-refractivity contribution < 1.29 is 0 Å². The van der Waals surface area contributed by atoms with Crippen LogP contribution >= 0.6 is 34.5 Å². The Morgan fingerprint density at radius 3 is 2.52 bits per heavy atom. The Labute approximate surface area is 136 Å². The van der Waals surface area contributed by atoms with Crippen LogP contribution in [0.4, 0.5) is 5.13 Å². The molecular formula is C16H10Cl2N2S. The van der Waals surface area contributed by atoms with Crippen molar-refractivity contribution in [3.8, 4) is 11.3 Å². The molecule has 5 heteroatoms. The summed E-state index contributed by atoms with van der Waals surface area (Å²) in [7, 11) is 0. The molecule has 0 spiro atoms. The van der Waals surface area contributed by atoms with Gasteiger partial charge in [0.1, 0.15) is 0 Å². The summed E-state index contributed by atoms with van der Waals surface area (Å²) >= 11 is 13.5. The molecule has 2 aromatic carbocycles. The zero-order valence-corrected chi connectivity index (χ0v) is 13.2. The van der Waals surface area contributed by atoms with Gasteiger partial charge in [-0.15, -0.1) is 11.3 Å². The second kappa shape index (κ2) is 6.39. The lowest BCUT2D eigenvalue weighted by Crippen LogP contribution is -1.81. The Balaban J connectivity index is 1.82. The zero-order chi connectivity index (χ0) is 14.7. The van der Waals surface area contributed by atoms with Crippen molar-refractivity contribution in [2.75, 3.05) is 0 Å². The molecule has 0 radical (unpaired) electrons. The van der Waals surface area contributed by atoms with E-state index in [1.54, 1.807) is 6.21 Å². The predicted molar refractivity (Wildman–Crippen MR) is 91.3 cm³/mol. The summed E-state index contributed by atoms with van der Waals surface area (Å²) in [6, 6.07) is 15.2. The maximum atomic E-state index is 6.09. The van der Waals surface area contributed by atoms with E-state index in [-0.39, 0.29) is 0 Å². The molecule has 0 unspecified atom stereocenters. The molecule has 1 aromatic heterocycles. The van der Waals surface area contributed by atoms with Gasteiger partial charge in [0.25, 0.3) is 0 Å². The molecular weight excluding hydrogens is 323 g/mol. The van der Waals surface area contributed by atoms with E-state index in [4.69, 9.17) is 23.2 Å². The standard InChI is InChI=1S/C16H10Cl2N2S/c17-13-7-5-11(6-8-13)15-10-21-16(20-15)19-9-12-3-1-2-4-14(12)18/h1-10H/b19-9+. The molecule has 0 bridgehead atoms. The molecule has 3 aromatic rings. The fourth-order valence-electron chi connectivity index (χ4n) is 1.78. The molecule has 0 atom stereocenters. The summed E-state index contributed by atoms with van der Waals surface area (Å²) in [6.45, 7) is 0. The van der Waals surface area contributed by atoms with Gasteiger partial charge in [-0.05, 0) is 18.2 Å². The molecule has 0 N–H and O–H groups in total. The fourth-order valence-corrected chi connectivity index (χ4v) is 2.76. The lowest BCUT2D eigenvalue weighted by atomic mass is 10.2. The smallest absolute Gasteiger partial charge is 0.209 e. The Kier molecular flexibility index (Phi) is 4.34. The lowest BCUT2D eigenvalue weighted by Gasteiger charge is -1.96. The van der Waals surface area contributed by atoms with Crippen LogP contribution in [0.15, 0.2) is 58.9 Å². The molecule has 0 saturated carbocycles. The summed E-state index contributed by atoms with van der Waals surface area (Å²) in [6.07, 6.45) is 1.73. The minimum absolute atomic E-state index is 0.677. The number of hydrogen-bond donors (Lipinski definition) is 0. The van der Waals surface area contributed by atoms with Gasteiger partial charge in [0, 0.05) is 32.8 Å². The van der Waals surface area contributed by atoms with Crippen LogP contribution in [0, 0.1) is 0 Å². The first kappa shape index (κ1) is 14.3. The van der Waals surface area contributed by atoms with Gasteiger partial charge in [0.2, 0.25) is 5.13 Å². The van der Waals surface area contributed by atoms with Crippen molar-refractivity contribution in [3.05, 3.63) is 69.5 Å². The Morgan fingerprint density at radius 1 is 1.00 bits per heavy atom. The summed E-state index contributed by atoms with van der Waals surface area (Å²) < 4.78 is 0. The van der Waals surface area contributed by atoms with Crippen molar-refractivity contribution in [1.82, 2.24) is 4.98 Å². The van der Waals surface area contributed by atoms with E-state index in [0.717, 1.165) is 16.8 Å². The average Bonchev–Trinajstić information content (AvgIpc) is 2.96. The number of halogens is 2. The Bertz CT molecular complexity index is 779. The quantitative estimate of drug-likeness (QED) is 0.551. The molecule has 0 aliphatic rings. The Hall–Kier alpha value is -1.68. The van der Waals surface area contributed by atoms with Crippen molar-refractivity contribution in [3.63, 3.8) is 0 Å². The monoisotopic (exact) mass is 332 g/mol. The van der Waals surface area contributed by atoms with E-state index in [9.17, 15) is 0 Å². The highest BCUT2D eigenvalue weighted by molar-refractivity contribution is 7.13. The van der Waals surface area contributed by atoms with Crippen molar-refractivity contribution in [2.45, 2.75) is 0 Å². The molecule has 1 heterocycles. The number of thiazole rings is 1. The van der Waals surface area contributed by atoms with Crippen LogP contribution in [0.25, 0.3) is 11.3 Å². The molecule has 0 aliphatic heterocycles. The van der Waals surface area contributed by atoms with Gasteiger partial charge in [-0.1, -0.05) is 53.5 Å². The zero-order valence-electron chi connectivity index (χ0n) is 10.8. The minimum atomic E-state index is 0.677. The van der Waals surface area contributed by atoms with Gasteiger partial charge >= 0.3 is 0 Å². The van der Waals surface area contributed by atoms with Crippen molar-refractivity contribution in [2.24, 2.45) is 4.99 Å². The van der Waals surface area contributed by atoms with Gasteiger partial charge in [0.15, 0.2) is 0 Å². The third-order valence-electron chi connectivity index (χ3n) is 2.85. The lowest BCUT2D eigenvalue weighted by molar-refractivity contribution is 1.36. The van der Waals surface area contributed by atoms with Crippen molar-refractivity contribution >= 4 is 45.9 Å². The maximum Gasteiger partial charge on any atom is 0.209 e. The van der Waals surface area contributed by atoms with E-state index >= 15 is 0 Å². The van der Waals surface area contributed by atoms with Crippen molar-refractivity contribution in [1.29, 1.82) is 0 Å². The topological polar surface area (TPSA) is 25.2 Å². The second-order valence-corrected chi connectivity index (χ2v) is 5.98. The third kappa shape index (κ3) is 3.50. The van der Waals surface area contributed by atoms with E-state index in [0.29, 0.717) is 15.2 Å². The van der Waals surface area contributed by atoms with Crippen LogP contribution in [0.1, 0.15) is 5.56 Å².